The summed E-state index contributed by atoms with van der Waals surface area (Å²) in [5.41, 5.74) is 7.35. The zero-order chi connectivity index (χ0) is 13.1. The van der Waals surface area contributed by atoms with Crippen molar-refractivity contribution in [3.05, 3.63) is 42.2 Å². The second-order valence-corrected chi connectivity index (χ2v) is 5.12. The Kier molecular flexibility index (Phi) is 3.87. The first-order valence-corrected chi connectivity index (χ1v) is 6.47. The van der Waals surface area contributed by atoms with Crippen LogP contribution in [-0.4, -0.2) is 14.1 Å². The van der Waals surface area contributed by atoms with Crippen LogP contribution in [0.15, 0.2) is 30.9 Å². The molecular weight excluding hydrogens is 224 g/mol. The molecule has 0 aromatic carbocycles. The minimum absolute atomic E-state index is 0.126. The Morgan fingerprint density at radius 2 is 2.06 bits per heavy atom. The smallest absolute Gasteiger partial charge is 0.105 e. The van der Waals surface area contributed by atoms with Crippen LogP contribution in [0, 0.1) is 12.8 Å². The van der Waals surface area contributed by atoms with E-state index in [1.807, 2.05) is 19.3 Å². The van der Waals surface area contributed by atoms with E-state index in [1.165, 1.54) is 5.56 Å². The van der Waals surface area contributed by atoms with Crippen LogP contribution in [0.1, 0.15) is 31.3 Å². The van der Waals surface area contributed by atoms with Gasteiger partial charge in [-0.3, -0.25) is 0 Å². The summed E-state index contributed by atoms with van der Waals surface area (Å²) in [5, 5.41) is 0. The molecule has 0 aliphatic heterocycles. The van der Waals surface area contributed by atoms with Gasteiger partial charge in [-0.1, -0.05) is 13.8 Å². The Hall–Kier alpha value is -1.55. The highest BCUT2D eigenvalue weighted by atomic mass is 15.1. The van der Waals surface area contributed by atoms with Crippen molar-refractivity contribution in [3.8, 4) is 0 Å². The molecule has 18 heavy (non-hydrogen) atoms. The zero-order valence-corrected chi connectivity index (χ0v) is 11.4. The Labute approximate surface area is 108 Å². The first kappa shape index (κ1) is 12.9. The molecule has 2 aromatic heterocycles. The van der Waals surface area contributed by atoms with Gasteiger partial charge in [-0.2, -0.15) is 0 Å². The molecule has 0 saturated carbocycles. The van der Waals surface area contributed by atoms with Gasteiger partial charge >= 0.3 is 0 Å². The van der Waals surface area contributed by atoms with E-state index in [0.717, 1.165) is 18.9 Å². The summed E-state index contributed by atoms with van der Waals surface area (Å²) in [5.74, 6) is 1.53. The number of aryl methyl sites for hydroxylation is 3. The minimum atomic E-state index is 0.126. The van der Waals surface area contributed by atoms with Crippen LogP contribution in [0.25, 0.3) is 0 Å². The molecule has 0 fully saturated rings. The molecule has 4 heteroatoms. The van der Waals surface area contributed by atoms with Gasteiger partial charge in [0.05, 0.1) is 0 Å². The van der Waals surface area contributed by atoms with Crippen molar-refractivity contribution in [2.45, 2.75) is 39.9 Å². The summed E-state index contributed by atoms with van der Waals surface area (Å²) in [6, 6.07) is 2.24. The zero-order valence-electron chi connectivity index (χ0n) is 11.4. The van der Waals surface area contributed by atoms with Crippen molar-refractivity contribution in [3.63, 3.8) is 0 Å². The van der Waals surface area contributed by atoms with Gasteiger partial charge < -0.3 is 14.9 Å². The number of nitrogens with zero attached hydrogens (tertiary/aromatic N) is 3. The molecule has 2 rings (SSSR count). The van der Waals surface area contributed by atoms with Gasteiger partial charge in [-0.05, 0) is 24.5 Å². The number of hydrogen-bond acceptors (Lipinski definition) is 2. The fourth-order valence-electron chi connectivity index (χ4n) is 2.04. The van der Waals surface area contributed by atoms with Crippen LogP contribution in [0.5, 0.6) is 0 Å². The Morgan fingerprint density at radius 1 is 1.28 bits per heavy atom. The number of hydrogen-bond donors (Lipinski definition) is 1. The van der Waals surface area contributed by atoms with Gasteiger partial charge in [0.2, 0.25) is 0 Å². The van der Waals surface area contributed by atoms with Gasteiger partial charge in [0.25, 0.3) is 0 Å². The molecule has 0 spiro atoms. The molecule has 1 atom stereocenters. The van der Waals surface area contributed by atoms with Gasteiger partial charge in [0, 0.05) is 43.9 Å². The van der Waals surface area contributed by atoms with Crippen molar-refractivity contribution in [1.82, 2.24) is 14.1 Å². The normalized spacial score (nSPS) is 13.2. The lowest BCUT2D eigenvalue weighted by Gasteiger charge is -2.13. The van der Waals surface area contributed by atoms with Crippen molar-refractivity contribution < 1.29 is 0 Å². The topological polar surface area (TPSA) is 48.8 Å². The summed E-state index contributed by atoms with van der Waals surface area (Å²) < 4.78 is 4.35. The second kappa shape index (κ2) is 5.40. The summed E-state index contributed by atoms with van der Waals surface area (Å²) in [6.45, 7) is 8.21. The van der Waals surface area contributed by atoms with Crippen LogP contribution in [-0.2, 0) is 13.1 Å². The van der Waals surface area contributed by atoms with E-state index in [-0.39, 0.29) is 6.04 Å². The highest BCUT2D eigenvalue weighted by Crippen LogP contribution is 2.18. The standard InChI is InChI=1S/C14H22N4/c1-11(2)14(15)13-4-6-17(10-13)8-9-18-7-5-16-12(18)3/h4-7,10-11,14H,8-9,15H2,1-3H3. The molecule has 0 saturated heterocycles. The fourth-order valence-corrected chi connectivity index (χ4v) is 2.04. The van der Waals surface area contributed by atoms with E-state index in [9.17, 15) is 0 Å². The van der Waals surface area contributed by atoms with Gasteiger partial charge in [0.15, 0.2) is 0 Å². The van der Waals surface area contributed by atoms with Crippen molar-refractivity contribution in [1.29, 1.82) is 0 Å². The first-order valence-electron chi connectivity index (χ1n) is 6.47. The highest BCUT2D eigenvalue weighted by Gasteiger charge is 2.11. The lowest BCUT2D eigenvalue weighted by atomic mass is 10.00. The maximum absolute atomic E-state index is 6.14. The minimum Gasteiger partial charge on any atom is -0.352 e. The fraction of sp³-hybridized carbons (Fsp3) is 0.500. The van der Waals surface area contributed by atoms with Crippen LogP contribution in [0.4, 0.5) is 0 Å². The lowest BCUT2D eigenvalue weighted by Crippen LogP contribution is -2.16. The van der Waals surface area contributed by atoms with Gasteiger partial charge in [-0.25, -0.2) is 4.98 Å². The molecule has 2 N–H and O–H groups in total. The Morgan fingerprint density at radius 3 is 2.67 bits per heavy atom. The lowest BCUT2D eigenvalue weighted by molar-refractivity contribution is 0.511. The van der Waals surface area contributed by atoms with Gasteiger partial charge in [0.1, 0.15) is 5.82 Å². The van der Waals surface area contributed by atoms with Gasteiger partial charge in [-0.15, -0.1) is 0 Å². The molecule has 0 aliphatic carbocycles. The first-order chi connectivity index (χ1) is 8.58. The summed E-state index contributed by atoms with van der Waals surface area (Å²) in [4.78, 5) is 4.22. The van der Waals surface area contributed by atoms with Crippen LogP contribution in [0.2, 0.25) is 0 Å². The maximum Gasteiger partial charge on any atom is 0.105 e. The van der Waals surface area contributed by atoms with E-state index in [2.05, 4.69) is 46.4 Å². The van der Waals surface area contributed by atoms with Crippen molar-refractivity contribution >= 4 is 0 Å². The third kappa shape index (κ3) is 2.82. The molecule has 0 radical (unpaired) electrons. The molecule has 2 heterocycles. The predicted molar refractivity (Wildman–Crippen MR) is 73.2 cm³/mol. The number of aromatic nitrogens is 3. The largest absolute Gasteiger partial charge is 0.352 e. The third-order valence-corrected chi connectivity index (χ3v) is 3.40. The van der Waals surface area contributed by atoms with E-state index in [4.69, 9.17) is 5.73 Å². The molecule has 0 bridgehead atoms. The highest BCUT2D eigenvalue weighted by molar-refractivity contribution is 5.15. The predicted octanol–water partition coefficient (Wildman–Crippen LogP) is 2.35. The monoisotopic (exact) mass is 246 g/mol. The molecular formula is C14H22N4. The number of nitrogens with two attached hydrogens (primary N) is 1. The van der Waals surface area contributed by atoms with E-state index in [0.29, 0.717) is 5.92 Å². The Balaban J connectivity index is 1.97. The molecule has 98 valence electrons. The van der Waals surface area contributed by atoms with E-state index < -0.39 is 0 Å². The number of imidazole rings is 1. The SMILES string of the molecule is Cc1nccn1CCn1ccc(C(N)C(C)C)c1. The quantitative estimate of drug-likeness (QED) is 0.880. The molecule has 0 aliphatic rings. The van der Waals surface area contributed by atoms with Crippen LogP contribution in [0.3, 0.4) is 0 Å². The molecule has 1 unspecified atom stereocenters. The van der Waals surface area contributed by atoms with Crippen LogP contribution >= 0.6 is 0 Å². The summed E-state index contributed by atoms with van der Waals surface area (Å²) in [7, 11) is 0. The molecule has 2 aromatic rings. The van der Waals surface area contributed by atoms with E-state index in [1.54, 1.807) is 0 Å². The third-order valence-electron chi connectivity index (χ3n) is 3.40. The number of rotatable bonds is 5. The molecule has 4 nitrogen and oxygen atoms in total. The van der Waals surface area contributed by atoms with Crippen molar-refractivity contribution in [2.24, 2.45) is 11.7 Å². The summed E-state index contributed by atoms with van der Waals surface area (Å²) >= 11 is 0. The van der Waals surface area contributed by atoms with Crippen molar-refractivity contribution in [2.75, 3.05) is 0 Å². The second-order valence-electron chi connectivity index (χ2n) is 5.12. The average molecular weight is 246 g/mol. The Bertz CT molecular complexity index is 495. The summed E-state index contributed by atoms with van der Waals surface area (Å²) in [6.07, 6.45) is 8.10. The van der Waals surface area contributed by atoms with E-state index >= 15 is 0 Å². The maximum atomic E-state index is 6.14. The average Bonchev–Trinajstić information content (AvgIpc) is 2.94. The van der Waals surface area contributed by atoms with Crippen LogP contribution < -0.4 is 5.73 Å². The molecule has 0 amide bonds.